The molecule has 0 bridgehead atoms. The number of nitrogens with one attached hydrogen (secondary N) is 1. The van der Waals surface area contributed by atoms with Gasteiger partial charge in [0.2, 0.25) is 5.91 Å². The number of para-hydroxylation sites is 1. The van der Waals surface area contributed by atoms with Crippen LogP contribution in [0.5, 0.6) is 5.75 Å². The molecule has 0 saturated heterocycles. The average molecular weight is 358 g/mol. The van der Waals surface area contributed by atoms with Gasteiger partial charge in [0, 0.05) is 15.8 Å². The van der Waals surface area contributed by atoms with Crippen LogP contribution in [0.25, 0.3) is 10.6 Å². The molecule has 4 nitrogen and oxygen atoms in total. The topological polar surface area (TPSA) is 51.2 Å². The maximum atomic E-state index is 12.2. The number of aryl methyl sites for hydroxylation is 1. The van der Waals surface area contributed by atoms with Gasteiger partial charge in [-0.05, 0) is 25.1 Å². The Balaban J connectivity index is 1.58. The first-order chi connectivity index (χ1) is 11.7. The summed E-state index contributed by atoms with van der Waals surface area (Å²) in [6.45, 7) is 2.53. The van der Waals surface area contributed by atoms with Gasteiger partial charge in [-0.1, -0.05) is 18.2 Å². The highest BCUT2D eigenvalue weighted by atomic mass is 32.1. The Morgan fingerprint density at radius 3 is 2.83 bits per heavy atom. The molecule has 0 fully saturated rings. The fourth-order valence-electron chi connectivity index (χ4n) is 2.36. The number of ether oxygens (including phenoxy) is 1. The van der Waals surface area contributed by atoms with Gasteiger partial charge in [0.25, 0.3) is 0 Å². The first-order valence-electron chi connectivity index (χ1n) is 7.55. The summed E-state index contributed by atoms with van der Waals surface area (Å²) in [6, 6.07) is 11.7. The third-order valence-electron chi connectivity index (χ3n) is 3.54. The van der Waals surface area contributed by atoms with Crippen molar-refractivity contribution in [2.45, 2.75) is 19.9 Å². The zero-order valence-electron chi connectivity index (χ0n) is 13.5. The Bertz CT molecular complexity index is 839. The lowest BCUT2D eigenvalue weighted by molar-refractivity contribution is -0.120. The molecule has 0 spiro atoms. The Morgan fingerprint density at radius 2 is 2.08 bits per heavy atom. The van der Waals surface area contributed by atoms with Crippen molar-refractivity contribution in [3.63, 3.8) is 0 Å². The summed E-state index contributed by atoms with van der Waals surface area (Å²) < 4.78 is 5.28. The predicted octanol–water partition coefficient (Wildman–Crippen LogP) is 4.05. The zero-order valence-corrected chi connectivity index (χ0v) is 15.2. The number of thiophene rings is 1. The van der Waals surface area contributed by atoms with E-state index in [1.807, 2.05) is 37.3 Å². The summed E-state index contributed by atoms with van der Waals surface area (Å²) in [4.78, 5) is 18.9. The van der Waals surface area contributed by atoms with E-state index in [0.29, 0.717) is 13.0 Å². The van der Waals surface area contributed by atoms with E-state index < -0.39 is 0 Å². The molecule has 2 aromatic heterocycles. The van der Waals surface area contributed by atoms with Crippen molar-refractivity contribution < 1.29 is 9.53 Å². The highest BCUT2D eigenvalue weighted by Gasteiger charge is 2.10. The Labute approximate surface area is 149 Å². The van der Waals surface area contributed by atoms with Crippen molar-refractivity contribution >= 4 is 28.6 Å². The van der Waals surface area contributed by atoms with Gasteiger partial charge in [0.15, 0.2) is 0 Å². The molecular formula is C18H18N2O2S2. The first-order valence-corrected chi connectivity index (χ1v) is 9.25. The molecule has 3 aromatic rings. The molecule has 0 radical (unpaired) electrons. The molecule has 0 aliphatic carbocycles. The number of methoxy groups -OCH3 is 1. The summed E-state index contributed by atoms with van der Waals surface area (Å²) in [7, 11) is 1.62. The SMILES string of the molecule is COc1ccccc1CC(=O)NCc1ccc(-c2csc(C)n2)s1. The maximum absolute atomic E-state index is 12.2. The van der Waals surface area contributed by atoms with Gasteiger partial charge in [-0.15, -0.1) is 22.7 Å². The van der Waals surface area contributed by atoms with Crippen molar-refractivity contribution in [3.05, 3.63) is 57.2 Å². The molecule has 0 aliphatic heterocycles. The van der Waals surface area contributed by atoms with E-state index in [9.17, 15) is 4.79 Å². The molecule has 6 heteroatoms. The van der Waals surface area contributed by atoms with E-state index in [-0.39, 0.29) is 5.91 Å². The standard InChI is InChI=1S/C18H18N2O2S2/c1-12-20-15(11-23-12)17-8-7-14(24-17)10-19-18(21)9-13-5-3-4-6-16(13)22-2/h3-8,11H,9-10H2,1-2H3,(H,19,21). The fourth-order valence-corrected chi connectivity index (χ4v) is 3.95. The number of aromatic nitrogens is 1. The van der Waals surface area contributed by atoms with E-state index in [1.165, 1.54) is 0 Å². The van der Waals surface area contributed by atoms with E-state index in [1.54, 1.807) is 29.8 Å². The van der Waals surface area contributed by atoms with Gasteiger partial charge in [-0.25, -0.2) is 4.98 Å². The van der Waals surface area contributed by atoms with Gasteiger partial charge in [-0.3, -0.25) is 4.79 Å². The van der Waals surface area contributed by atoms with Gasteiger partial charge in [0.05, 0.1) is 35.7 Å². The second-order valence-electron chi connectivity index (χ2n) is 5.28. The van der Waals surface area contributed by atoms with Gasteiger partial charge < -0.3 is 10.1 Å². The van der Waals surface area contributed by atoms with Gasteiger partial charge in [-0.2, -0.15) is 0 Å². The van der Waals surface area contributed by atoms with Crippen molar-refractivity contribution in [2.24, 2.45) is 0 Å². The number of hydrogen-bond donors (Lipinski definition) is 1. The molecule has 24 heavy (non-hydrogen) atoms. The summed E-state index contributed by atoms with van der Waals surface area (Å²) in [5.74, 6) is 0.726. The van der Waals surface area contributed by atoms with Crippen LogP contribution in [-0.2, 0) is 17.8 Å². The molecule has 0 unspecified atom stereocenters. The molecule has 1 aromatic carbocycles. The molecule has 3 rings (SSSR count). The van der Waals surface area contributed by atoms with Crippen molar-refractivity contribution in [2.75, 3.05) is 7.11 Å². The predicted molar refractivity (Wildman–Crippen MR) is 98.7 cm³/mol. The number of amides is 1. The molecule has 1 amide bonds. The normalized spacial score (nSPS) is 10.6. The lowest BCUT2D eigenvalue weighted by atomic mass is 10.1. The average Bonchev–Trinajstić information content (AvgIpc) is 3.22. The Kier molecular flexibility index (Phi) is 5.27. The maximum Gasteiger partial charge on any atom is 0.224 e. The van der Waals surface area contributed by atoms with E-state index in [2.05, 4.69) is 21.7 Å². The third kappa shape index (κ3) is 4.01. The first kappa shape index (κ1) is 16.7. The minimum atomic E-state index is -0.0149. The van der Waals surface area contributed by atoms with Crippen molar-refractivity contribution in [3.8, 4) is 16.3 Å². The second-order valence-corrected chi connectivity index (χ2v) is 7.51. The number of nitrogens with zero attached hydrogens (tertiary/aromatic N) is 1. The number of rotatable bonds is 6. The number of thiazole rings is 1. The molecule has 124 valence electrons. The van der Waals surface area contributed by atoms with Crippen LogP contribution in [0.1, 0.15) is 15.4 Å². The molecule has 0 saturated carbocycles. The van der Waals surface area contributed by atoms with E-state index in [4.69, 9.17) is 4.74 Å². The number of hydrogen-bond acceptors (Lipinski definition) is 5. The van der Waals surface area contributed by atoms with Gasteiger partial charge >= 0.3 is 0 Å². The minimum absolute atomic E-state index is 0.0149. The monoisotopic (exact) mass is 358 g/mol. The van der Waals surface area contributed by atoms with Crippen LogP contribution < -0.4 is 10.1 Å². The largest absolute Gasteiger partial charge is 0.496 e. The lowest BCUT2D eigenvalue weighted by Crippen LogP contribution is -2.24. The van der Waals surface area contributed by atoms with Crippen LogP contribution in [0.3, 0.4) is 0 Å². The molecular weight excluding hydrogens is 340 g/mol. The summed E-state index contributed by atoms with van der Waals surface area (Å²) in [5, 5.41) is 6.09. The van der Waals surface area contributed by atoms with E-state index >= 15 is 0 Å². The van der Waals surface area contributed by atoms with Crippen molar-refractivity contribution in [1.29, 1.82) is 0 Å². The zero-order chi connectivity index (χ0) is 16.9. The summed E-state index contributed by atoms with van der Waals surface area (Å²) in [6.07, 6.45) is 0.313. The minimum Gasteiger partial charge on any atom is -0.496 e. The second kappa shape index (κ2) is 7.59. The molecule has 1 N–H and O–H groups in total. The Morgan fingerprint density at radius 1 is 1.25 bits per heavy atom. The number of carbonyl (C=O) groups is 1. The van der Waals surface area contributed by atoms with Crippen LogP contribution in [0.4, 0.5) is 0 Å². The highest BCUT2D eigenvalue weighted by molar-refractivity contribution is 7.16. The van der Waals surface area contributed by atoms with Crippen molar-refractivity contribution in [1.82, 2.24) is 10.3 Å². The van der Waals surface area contributed by atoms with Crippen LogP contribution in [0.2, 0.25) is 0 Å². The van der Waals surface area contributed by atoms with Crippen LogP contribution in [0, 0.1) is 6.92 Å². The molecule has 0 aliphatic rings. The lowest BCUT2D eigenvalue weighted by Gasteiger charge is -2.08. The third-order valence-corrected chi connectivity index (χ3v) is 5.42. The van der Waals surface area contributed by atoms with Crippen LogP contribution in [-0.4, -0.2) is 18.0 Å². The summed E-state index contributed by atoms with van der Waals surface area (Å²) in [5.41, 5.74) is 1.90. The number of benzene rings is 1. The smallest absolute Gasteiger partial charge is 0.224 e. The fraction of sp³-hybridized carbons (Fsp3) is 0.222. The quantitative estimate of drug-likeness (QED) is 0.723. The number of carbonyl (C=O) groups excluding carboxylic acids is 1. The molecule has 0 atom stereocenters. The highest BCUT2D eigenvalue weighted by Crippen LogP contribution is 2.29. The Hall–Kier alpha value is -2.18. The molecule has 2 heterocycles. The van der Waals surface area contributed by atoms with Crippen LogP contribution in [0.15, 0.2) is 41.8 Å². The summed E-state index contributed by atoms with van der Waals surface area (Å²) >= 11 is 3.31. The van der Waals surface area contributed by atoms with E-state index in [0.717, 1.165) is 31.8 Å². The van der Waals surface area contributed by atoms with Crippen LogP contribution >= 0.6 is 22.7 Å². The van der Waals surface area contributed by atoms with Gasteiger partial charge in [0.1, 0.15) is 5.75 Å².